The third kappa shape index (κ3) is 4.32. The lowest BCUT2D eigenvalue weighted by Gasteiger charge is -2.05. The van der Waals surface area contributed by atoms with Gasteiger partial charge in [-0.3, -0.25) is 4.72 Å². The second-order valence-electron chi connectivity index (χ2n) is 5.46. The number of anilines is 1. The van der Waals surface area contributed by atoms with Crippen LogP contribution in [0.2, 0.25) is 5.02 Å². The van der Waals surface area contributed by atoms with Crippen molar-refractivity contribution in [2.75, 3.05) is 11.3 Å². The fourth-order valence-corrected chi connectivity index (χ4v) is 4.70. The van der Waals surface area contributed by atoms with Crippen LogP contribution in [0, 0.1) is 5.82 Å². The number of thiazole rings is 1. The van der Waals surface area contributed by atoms with Crippen molar-refractivity contribution in [2.24, 2.45) is 0 Å². The Kier molecular flexibility index (Phi) is 5.97. The molecule has 6 nitrogen and oxygen atoms in total. The zero-order valence-electron chi connectivity index (χ0n) is 14.5. The van der Waals surface area contributed by atoms with E-state index in [4.69, 9.17) is 16.3 Å². The number of carbonyl (C=O) groups excluding carboxylic acids is 1. The zero-order valence-corrected chi connectivity index (χ0v) is 16.9. The standard InChI is InChI=1S/C18H14ClFN2O4S2/c1-2-26-17(23)16-15(11-6-4-3-5-7-11)21-18(27-16)22-28(24,25)12-8-9-14(20)13(19)10-12/h3-10H,2H2,1H3,(H,21,22). The van der Waals surface area contributed by atoms with Crippen LogP contribution < -0.4 is 4.72 Å². The lowest BCUT2D eigenvalue weighted by Crippen LogP contribution is -2.12. The van der Waals surface area contributed by atoms with Crippen molar-refractivity contribution in [1.82, 2.24) is 4.98 Å². The molecular formula is C18H14ClFN2O4S2. The highest BCUT2D eigenvalue weighted by Crippen LogP contribution is 2.33. The Labute approximate surface area is 170 Å². The van der Waals surface area contributed by atoms with Gasteiger partial charge < -0.3 is 4.74 Å². The first-order valence-corrected chi connectivity index (χ1v) is 10.7. The summed E-state index contributed by atoms with van der Waals surface area (Å²) in [5, 5.41) is -0.346. The summed E-state index contributed by atoms with van der Waals surface area (Å²) in [5.74, 6) is -1.33. The number of sulfonamides is 1. The van der Waals surface area contributed by atoms with Gasteiger partial charge in [0, 0.05) is 5.56 Å². The van der Waals surface area contributed by atoms with Crippen LogP contribution in [-0.4, -0.2) is 26.0 Å². The van der Waals surface area contributed by atoms with Crippen LogP contribution in [0.1, 0.15) is 16.6 Å². The average molecular weight is 441 g/mol. The molecule has 146 valence electrons. The first-order chi connectivity index (χ1) is 13.3. The zero-order chi connectivity index (χ0) is 20.3. The Morgan fingerprint density at radius 3 is 2.61 bits per heavy atom. The van der Waals surface area contributed by atoms with Gasteiger partial charge in [-0.1, -0.05) is 53.3 Å². The number of halogens is 2. The molecule has 1 aromatic heterocycles. The minimum Gasteiger partial charge on any atom is -0.462 e. The molecule has 0 fully saturated rings. The molecule has 0 unspecified atom stereocenters. The van der Waals surface area contributed by atoms with Gasteiger partial charge in [0.05, 0.1) is 22.2 Å². The van der Waals surface area contributed by atoms with E-state index < -0.39 is 21.8 Å². The number of carbonyl (C=O) groups is 1. The van der Waals surface area contributed by atoms with Gasteiger partial charge in [-0.25, -0.2) is 22.6 Å². The van der Waals surface area contributed by atoms with Crippen molar-refractivity contribution in [3.63, 3.8) is 0 Å². The largest absolute Gasteiger partial charge is 0.462 e. The van der Waals surface area contributed by atoms with E-state index in [1.54, 1.807) is 31.2 Å². The summed E-state index contributed by atoms with van der Waals surface area (Å²) in [6, 6.07) is 11.9. The van der Waals surface area contributed by atoms with Crippen molar-refractivity contribution in [3.8, 4) is 11.3 Å². The third-order valence-electron chi connectivity index (χ3n) is 3.56. The molecular weight excluding hydrogens is 427 g/mol. The Hall–Kier alpha value is -2.49. The lowest BCUT2D eigenvalue weighted by molar-refractivity contribution is 0.0532. The summed E-state index contributed by atoms with van der Waals surface area (Å²) in [5.41, 5.74) is 0.941. The molecule has 0 saturated carbocycles. The molecule has 0 aliphatic carbocycles. The highest BCUT2D eigenvalue weighted by molar-refractivity contribution is 7.93. The number of nitrogens with zero attached hydrogens (tertiary/aromatic N) is 1. The summed E-state index contributed by atoms with van der Waals surface area (Å²) < 4.78 is 45.8. The van der Waals surface area contributed by atoms with Crippen molar-refractivity contribution in [3.05, 3.63) is 64.2 Å². The molecule has 0 atom stereocenters. The normalized spacial score (nSPS) is 11.2. The molecule has 3 rings (SSSR count). The van der Waals surface area contributed by atoms with E-state index in [0.717, 1.165) is 29.5 Å². The van der Waals surface area contributed by atoms with E-state index in [1.807, 2.05) is 6.07 Å². The summed E-state index contributed by atoms with van der Waals surface area (Å²) in [4.78, 5) is 16.5. The predicted octanol–water partition coefficient (Wildman–Crippen LogP) is 4.58. The second-order valence-corrected chi connectivity index (χ2v) is 8.55. The number of hydrogen-bond donors (Lipinski definition) is 1. The topological polar surface area (TPSA) is 85.4 Å². The fraction of sp³-hybridized carbons (Fsp3) is 0.111. The Morgan fingerprint density at radius 2 is 1.96 bits per heavy atom. The van der Waals surface area contributed by atoms with Crippen LogP contribution in [0.4, 0.5) is 9.52 Å². The number of aromatic nitrogens is 1. The van der Waals surface area contributed by atoms with E-state index in [1.165, 1.54) is 0 Å². The maximum absolute atomic E-state index is 13.3. The van der Waals surface area contributed by atoms with E-state index >= 15 is 0 Å². The van der Waals surface area contributed by atoms with Gasteiger partial charge in [-0.2, -0.15) is 0 Å². The highest BCUT2D eigenvalue weighted by Gasteiger charge is 2.24. The number of esters is 1. The van der Waals surface area contributed by atoms with Crippen LogP contribution in [0.5, 0.6) is 0 Å². The summed E-state index contributed by atoms with van der Waals surface area (Å²) in [7, 11) is -4.08. The van der Waals surface area contributed by atoms with Crippen molar-refractivity contribution in [2.45, 2.75) is 11.8 Å². The lowest BCUT2D eigenvalue weighted by atomic mass is 10.1. The quantitative estimate of drug-likeness (QED) is 0.567. The number of nitrogens with one attached hydrogen (secondary N) is 1. The summed E-state index contributed by atoms with van der Waals surface area (Å²) >= 11 is 6.52. The Balaban J connectivity index is 2.00. The first-order valence-electron chi connectivity index (χ1n) is 8.03. The summed E-state index contributed by atoms with van der Waals surface area (Å²) in [6.45, 7) is 1.84. The summed E-state index contributed by atoms with van der Waals surface area (Å²) in [6.07, 6.45) is 0. The second kappa shape index (κ2) is 8.26. The number of rotatable bonds is 6. The maximum Gasteiger partial charge on any atom is 0.350 e. The molecule has 0 aliphatic rings. The molecule has 2 aromatic carbocycles. The minimum atomic E-state index is -4.08. The first kappa shape index (κ1) is 20.2. The Bertz CT molecular complexity index is 1120. The van der Waals surface area contributed by atoms with Crippen molar-refractivity contribution in [1.29, 1.82) is 0 Å². The number of hydrogen-bond acceptors (Lipinski definition) is 6. The monoisotopic (exact) mass is 440 g/mol. The van der Waals surface area contributed by atoms with Crippen LogP contribution in [0.15, 0.2) is 53.4 Å². The minimum absolute atomic E-state index is 0.0256. The fourth-order valence-electron chi connectivity index (χ4n) is 2.31. The van der Waals surface area contributed by atoms with Crippen molar-refractivity contribution < 1.29 is 22.3 Å². The molecule has 0 amide bonds. The molecule has 10 heteroatoms. The average Bonchev–Trinajstić information content (AvgIpc) is 3.08. The molecule has 28 heavy (non-hydrogen) atoms. The molecule has 0 aliphatic heterocycles. The molecule has 1 N–H and O–H groups in total. The molecule has 1 heterocycles. The van der Waals surface area contributed by atoms with Gasteiger partial charge >= 0.3 is 5.97 Å². The van der Waals surface area contributed by atoms with Crippen LogP contribution >= 0.6 is 22.9 Å². The molecule has 3 aromatic rings. The van der Waals surface area contributed by atoms with Crippen LogP contribution in [-0.2, 0) is 14.8 Å². The van der Waals surface area contributed by atoms with E-state index in [0.29, 0.717) is 11.3 Å². The van der Waals surface area contributed by atoms with E-state index in [9.17, 15) is 17.6 Å². The molecule has 0 saturated heterocycles. The van der Waals surface area contributed by atoms with Gasteiger partial charge in [0.2, 0.25) is 0 Å². The predicted molar refractivity (Wildman–Crippen MR) is 106 cm³/mol. The van der Waals surface area contributed by atoms with E-state index in [2.05, 4.69) is 9.71 Å². The smallest absolute Gasteiger partial charge is 0.350 e. The Morgan fingerprint density at radius 1 is 1.25 bits per heavy atom. The van der Waals surface area contributed by atoms with E-state index in [-0.39, 0.29) is 26.5 Å². The van der Waals surface area contributed by atoms with Crippen LogP contribution in [0.3, 0.4) is 0 Å². The third-order valence-corrected chi connectivity index (χ3v) is 6.26. The van der Waals surface area contributed by atoms with Crippen molar-refractivity contribution >= 4 is 44.1 Å². The SMILES string of the molecule is CCOC(=O)c1sc(NS(=O)(=O)c2ccc(F)c(Cl)c2)nc1-c1ccccc1. The number of benzene rings is 2. The highest BCUT2D eigenvalue weighted by atomic mass is 35.5. The maximum atomic E-state index is 13.3. The van der Waals surface area contributed by atoms with Gasteiger partial charge in [-0.05, 0) is 25.1 Å². The molecule has 0 radical (unpaired) electrons. The van der Waals surface area contributed by atoms with Gasteiger partial charge in [0.25, 0.3) is 10.0 Å². The molecule has 0 bridgehead atoms. The van der Waals surface area contributed by atoms with Crippen LogP contribution in [0.25, 0.3) is 11.3 Å². The van der Waals surface area contributed by atoms with Gasteiger partial charge in [0.15, 0.2) is 5.13 Å². The number of ether oxygens (including phenoxy) is 1. The van der Waals surface area contributed by atoms with Gasteiger partial charge in [0.1, 0.15) is 10.7 Å². The van der Waals surface area contributed by atoms with Gasteiger partial charge in [-0.15, -0.1) is 0 Å². The molecule has 0 spiro atoms.